The van der Waals surface area contributed by atoms with Gasteiger partial charge in [0.05, 0.1) is 4.90 Å². The largest absolute Gasteiger partial charge is 0.452 e. The summed E-state index contributed by atoms with van der Waals surface area (Å²) in [6, 6.07) is 8.32. The minimum absolute atomic E-state index is 0.0639. The summed E-state index contributed by atoms with van der Waals surface area (Å²) in [6.07, 6.45) is 2.87. The van der Waals surface area contributed by atoms with E-state index >= 15 is 0 Å². The Balaban J connectivity index is 1.93. The smallest absolute Gasteiger partial charge is 0.331 e. The molecule has 0 aliphatic rings. The zero-order valence-electron chi connectivity index (χ0n) is 15.1. The number of sulfonamides is 1. The Hall–Kier alpha value is -2.49. The molecule has 144 valence electrons. The molecular weight excluding hydrogens is 388 g/mol. The molecule has 0 bridgehead atoms. The zero-order chi connectivity index (χ0) is 20.0. The summed E-state index contributed by atoms with van der Waals surface area (Å²) in [6.45, 7) is 3.14. The maximum absolute atomic E-state index is 12.0. The number of hydrogen-bond donors (Lipinski definition) is 2. The topological polar surface area (TPSA) is 102 Å². The van der Waals surface area contributed by atoms with Crippen LogP contribution in [0.5, 0.6) is 0 Å². The lowest BCUT2D eigenvalue weighted by atomic mass is 10.2. The molecule has 2 rings (SSSR count). The number of thiophene rings is 1. The van der Waals surface area contributed by atoms with Gasteiger partial charge in [-0.15, -0.1) is 11.3 Å². The molecule has 0 saturated carbocycles. The minimum atomic E-state index is -3.64. The van der Waals surface area contributed by atoms with Crippen molar-refractivity contribution in [3.8, 4) is 0 Å². The van der Waals surface area contributed by atoms with E-state index in [9.17, 15) is 18.0 Å². The highest BCUT2D eigenvalue weighted by Crippen LogP contribution is 2.20. The summed E-state index contributed by atoms with van der Waals surface area (Å²) in [5.74, 6) is -1.21. The Kier molecular flexibility index (Phi) is 6.89. The normalized spacial score (nSPS) is 11.5. The second-order valence-corrected chi connectivity index (χ2v) is 8.80. The molecule has 0 radical (unpaired) electrons. The van der Waals surface area contributed by atoms with Crippen molar-refractivity contribution in [2.24, 2.45) is 0 Å². The molecule has 0 unspecified atom stereocenters. The van der Waals surface area contributed by atoms with Crippen LogP contribution in [0, 0.1) is 13.8 Å². The second-order valence-electron chi connectivity index (χ2n) is 5.63. The molecule has 1 heterocycles. The Morgan fingerprint density at radius 2 is 1.93 bits per heavy atom. The van der Waals surface area contributed by atoms with Gasteiger partial charge in [-0.2, -0.15) is 0 Å². The number of carbonyl (C=O) groups excluding carboxylic acids is 2. The fourth-order valence-corrected chi connectivity index (χ4v) is 3.93. The first kappa shape index (κ1) is 20.8. The number of hydrogen-bond acceptors (Lipinski definition) is 6. The lowest BCUT2D eigenvalue weighted by molar-refractivity contribution is -0.142. The van der Waals surface area contributed by atoms with E-state index in [2.05, 4.69) is 10.0 Å². The van der Waals surface area contributed by atoms with Crippen LogP contribution >= 0.6 is 11.3 Å². The van der Waals surface area contributed by atoms with E-state index in [1.54, 1.807) is 25.1 Å². The number of nitrogens with one attached hydrogen (secondary N) is 2. The Bertz CT molecular complexity index is 977. The number of amides is 1. The van der Waals surface area contributed by atoms with Gasteiger partial charge in [0.1, 0.15) is 0 Å². The molecule has 0 aliphatic heterocycles. The molecule has 0 fully saturated rings. The molecule has 0 spiro atoms. The van der Waals surface area contributed by atoms with E-state index < -0.39 is 28.5 Å². The maximum Gasteiger partial charge on any atom is 0.331 e. The average molecular weight is 409 g/mol. The van der Waals surface area contributed by atoms with Gasteiger partial charge >= 0.3 is 5.97 Å². The quantitative estimate of drug-likeness (QED) is 0.541. The number of esters is 1. The summed E-state index contributed by atoms with van der Waals surface area (Å²) in [5.41, 5.74) is 0.836. The SMILES string of the molecule is CNS(=O)(=O)c1cc(NC(=O)COC(=O)/C=C/c2ccc(C)s2)ccc1C. The third-order valence-electron chi connectivity index (χ3n) is 3.52. The van der Waals surface area contributed by atoms with Crippen molar-refractivity contribution in [2.75, 3.05) is 19.0 Å². The number of rotatable bonds is 7. The summed E-state index contributed by atoms with van der Waals surface area (Å²) in [5, 5.41) is 2.51. The standard InChI is InChI=1S/C18H20N2O5S2/c1-12-4-6-14(10-16(12)27(23,24)19-3)20-17(21)11-25-18(22)9-8-15-7-5-13(2)26-15/h4-10,19H,11H2,1-3H3,(H,20,21)/b9-8+. The van der Waals surface area contributed by atoms with E-state index in [-0.39, 0.29) is 4.90 Å². The fourth-order valence-electron chi connectivity index (χ4n) is 2.15. The predicted octanol–water partition coefficient (Wildman–Crippen LogP) is 2.47. The van der Waals surface area contributed by atoms with Crippen molar-refractivity contribution >= 4 is 45.0 Å². The van der Waals surface area contributed by atoms with Crippen LogP contribution in [0.15, 0.2) is 41.3 Å². The van der Waals surface area contributed by atoms with Gasteiger partial charge in [-0.3, -0.25) is 4.79 Å². The Labute approximate surface area is 162 Å². The molecule has 1 aromatic heterocycles. The van der Waals surface area contributed by atoms with Gasteiger partial charge in [-0.25, -0.2) is 17.9 Å². The maximum atomic E-state index is 12.0. The first-order valence-corrected chi connectivity index (χ1v) is 10.3. The van der Waals surface area contributed by atoms with E-state index in [1.807, 2.05) is 19.1 Å². The van der Waals surface area contributed by atoms with Gasteiger partial charge in [-0.05, 0) is 56.8 Å². The second kappa shape index (κ2) is 8.94. The number of anilines is 1. The summed E-state index contributed by atoms with van der Waals surface area (Å²) in [4.78, 5) is 25.7. The highest BCUT2D eigenvalue weighted by Gasteiger charge is 2.16. The molecule has 2 aromatic rings. The van der Waals surface area contributed by atoms with Gasteiger partial charge in [0.15, 0.2) is 6.61 Å². The number of aryl methyl sites for hydroxylation is 2. The van der Waals surface area contributed by atoms with Crippen LogP contribution in [0.1, 0.15) is 15.3 Å². The summed E-state index contributed by atoms with van der Waals surface area (Å²) in [7, 11) is -2.33. The molecule has 9 heteroatoms. The van der Waals surface area contributed by atoms with Crippen molar-refractivity contribution in [1.82, 2.24) is 4.72 Å². The van der Waals surface area contributed by atoms with Gasteiger partial charge in [0.2, 0.25) is 10.0 Å². The van der Waals surface area contributed by atoms with Crippen LogP contribution < -0.4 is 10.0 Å². The van der Waals surface area contributed by atoms with E-state index in [1.165, 1.54) is 30.5 Å². The Morgan fingerprint density at radius 1 is 1.19 bits per heavy atom. The van der Waals surface area contributed by atoms with Crippen molar-refractivity contribution in [3.05, 3.63) is 51.7 Å². The molecular formula is C18H20N2O5S2. The highest BCUT2D eigenvalue weighted by atomic mass is 32.2. The van der Waals surface area contributed by atoms with Crippen molar-refractivity contribution in [3.63, 3.8) is 0 Å². The molecule has 2 N–H and O–H groups in total. The fraction of sp³-hybridized carbons (Fsp3) is 0.222. The molecule has 1 amide bonds. The van der Waals surface area contributed by atoms with Gasteiger partial charge in [-0.1, -0.05) is 6.07 Å². The first-order chi connectivity index (χ1) is 12.7. The lowest BCUT2D eigenvalue weighted by Crippen LogP contribution is -2.22. The van der Waals surface area contributed by atoms with Gasteiger partial charge < -0.3 is 10.1 Å². The third-order valence-corrected chi connectivity index (χ3v) is 6.04. The van der Waals surface area contributed by atoms with Gasteiger partial charge in [0, 0.05) is 21.5 Å². The highest BCUT2D eigenvalue weighted by molar-refractivity contribution is 7.89. The van der Waals surface area contributed by atoms with Crippen LogP contribution in [-0.4, -0.2) is 33.9 Å². The molecule has 7 nitrogen and oxygen atoms in total. The third kappa shape index (κ3) is 6.02. The van der Waals surface area contributed by atoms with Crippen LogP contribution in [0.4, 0.5) is 5.69 Å². The van der Waals surface area contributed by atoms with E-state index in [4.69, 9.17) is 4.74 Å². The number of ether oxygens (including phenoxy) is 1. The Morgan fingerprint density at radius 3 is 2.56 bits per heavy atom. The van der Waals surface area contributed by atoms with Crippen molar-refractivity contribution in [1.29, 1.82) is 0 Å². The van der Waals surface area contributed by atoms with Crippen LogP contribution in [-0.2, 0) is 24.3 Å². The summed E-state index contributed by atoms with van der Waals surface area (Å²) >= 11 is 1.53. The van der Waals surface area contributed by atoms with Gasteiger partial charge in [0.25, 0.3) is 5.91 Å². The van der Waals surface area contributed by atoms with Crippen molar-refractivity contribution in [2.45, 2.75) is 18.7 Å². The molecule has 0 atom stereocenters. The van der Waals surface area contributed by atoms with Crippen LogP contribution in [0.25, 0.3) is 6.08 Å². The van der Waals surface area contributed by atoms with E-state index in [0.29, 0.717) is 11.3 Å². The number of benzene rings is 1. The zero-order valence-corrected chi connectivity index (χ0v) is 16.7. The molecule has 27 heavy (non-hydrogen) atoms. The van der Waals surface area contributed by atoms with E-state index in [0.717, 1.165) is 9.75 Å². The first-order valence-electron chi connectivity index (χ1n) is 7.96. The summed E-state index contributed by atoms with van der Waals surface area (Å²) < 4.78 is 31.0. The number of carbonyl (C=O) groups is 2. The monoisotopic (exact) mass is 408 g/mol. The van der Waals surface area contributed by atoms with Crippen LogP contribution in [0.3, 0.4) is 0 Å². The van der Waals surface area contributed by atoms with Crippen molar-refractivity contribution < 1.29 is 22.7 Å². The predicted molar refractivity (Wildman–Crippen MR) is 105 cm³/mol. The minimum Gasteiger partial charge on any atom is -0.452 e. The lowest BCUT2D eigenvalue weighted by Gasteiger charge is -2.10. The molecule has 0 saturated heterocycles. The average Bonchev–Trinajstić information content (AvgIpc) is 3.05. The molecule has 0 aliphatic carbocycles. The molecule has 1 aromatic carbocycles. The van der Waals surface area contributed by atoms with Crippen LogP contribution in [0.2, 0.25) is 0 Å².